The molecule has 6 heteroatoms. The summed E-state index contributed by atoms with van der Waals surface area (Å²) in [5.41, 5.74) is 9.63. The van der Waals surface area contributed by atoms with Gasteiger partial charge in [0, 0.05) is 18.4 Å². The molecule has 0 saturated heterocycles. The van der Waals surface area contributed by atoms with Gasteiger partial charge in [-0.3, -0.25) is 9.59 Å². The van der Waals surface area contributed by atoms with Gasteiger partial charge in [0.1, 0.15) is 18.1 Å². The van der Waals surface area contributed by atoms with E-state index in [4.69, 9.17) is 5.73 Å². The largest absolute Gasteiger partial charge is 0.365 e. The highest BCUT2D eigenvalue weighted by molar-refractivity contribution is 7.17. The van der Waals surface area contributed by atoms with Crippen LogP contribution >= 0.6 is 11.3 Å². The zero-order valence-electron chi connectivity index (χ0n) is 16.8. The number of quaternary nitrogens is 1. The number of nitrogens with one attached hydrogen (secondary N) is 2. The molecule has 2 aromatic carbocycles. The van der Waals surface area contributed by atoms with E-state index >= 15 is 0 Å². The lowest BCUT2D eigenvalue weighted by Gasteiger charge is -2.24. The summed E-state index contributed by atoms with van der Waals surface area (Å²) >= 11 is 1.50. The Kier molecular flexibility index (Phi) is 6.26. The molecule has 2 amide bonds. The third-order valence-electron chi connectivity index (χ3n) is 5.51. The Morgan fingerprint density at radius 1 is 1.00 bits per heavy atom. The van der Waals surface area contributed by atoms with E-state index in [-0.39, 0.29) is 5.91 Å². The van der Waals surface area contributed by atoms with E-state index in [1.807, 2.05) is 36.4 Å². The second-order valence-corrected chi connectivity index (χ2v) is 8.80. The average Bonchev–Trinajstić information content (AvgIpc) is 3.11. The van der Waals surface area contributed by atoms with Crippen LogP contribution in [0.4, 0.5) is 5.00 Å². The summed E-state index contributed by atoms with van der Waals surface area (Å²) < 4.78 is 0. The highest BCUT2D eigenvalue weighted by Gasteiger charge is 2.29. The van der Waals surface area contributed by atoms with E-state index in [1.54, 1.807) is 0 Å². The van der Waals surface area contributed by atoms with Crippen molar-refractivity contribution in [2.24, 2.45) is 5.73 Å². The number of rotatable bonds is 7. The van der Waals surface area contributed by atoms with Crippen LogP contribution in [-0.2, 0) is 30.7 Å². The second-order valence-electron chi connectivity index (χ2n) is 7.70. The number of hydrogen-bond acceptors (Lipinski definition) is 3. The molecule has 30 heavy (non-hydrogen) atoms. The minimum atomic E-state index is -0.461. The molecule has 0 spiro atoms. The summed E-state index contributed by atoms with van der Waals surface area (Å²) in [4.78, 5) is 27.3. The van der Waals surface area contributed by atoms with Crippen LogP contribution in [0.5, 0.6) is 0 Å². The number of primary amides is 1. The van der Waals surface area contributed by atoms with Gasteiger partial charge in [0.25, 0.3) is 5.91 Å². The Hall–Kier alpha value is -2.96. The fourth-order valence-electron chi connectivity index (χ4n) is 4.01. The van der Waals surface area contributed by atoms with Crippen molar-refractivity contribution in [2.45, 2.75) is 32.4 Å². The van der Waals surface area contributed by atoms with Gasteiger partial charge in [-0.25, -0.2) is 0 Å². The van der Waals surface area contributed by atoms with Crippen molar-refractivity contribution in [3.05, 3.63) is 87.8 Å². The molecule has 3 aromatic rings. The van der Waals surface area contributed by atoms with Crippen LogP contribution in [0.1, 0.15) is 38.3 Å². The maximum Gasteiger partial charge on any atom is 0.252 e. The van der Waals surface area contributed by atoms with Crippen molar-refractivity contribution in [1.82, 2.24) is 0 Å². The summed E-state index contributed by atoms with van der Waals surface area (Å²) in [6.45, 7) is 2.73. The van der Waals surface area contributed by atoms with Crippen LogP contribution in [0.15, 0.2) is 60.7 Å². The number of anilines is 1. The number of amides is 2. The van der Waals surface area contributed by atoms with Gasteiger partial charge < -0.3 is 16.0 Å². The third-order valence-corrected chi connectivity index (χ3v) is 6.66. The van der Waals surface area contributed by atoms with Crippen LogP contribution < -0.4 is 16.0 Å². The molecular formula is C24H26N3O2S+. The quantitative estimate of drug-likeness (QED) is 0.549. The summed E-state index contributed by atoms with van der Waals surface area (Å²) in [7, 11) is 0. The van der Waals surface area contributed by atoms with Crippen molar-refractivity contribution in [3.8, 4) is 0 Å². The lowest BCUT2D eigenvalue weighted by atomic mass is 10.0. The van der Waals surface area contributed by atoms with E-state index < -0.39 is 5.91 Å². The van der Waals surface area contributed by atoms with E-state index in [0.29, 0.717) is 23.4 Å². The Morgan fingerprint density at radius 2 is 1.67 bits per heavy atom. The van der Waals surface area contributed by atoms with Crippen molar-refractivity contribution in [3.63, 3.8) is 0 Å². The molecule has 0 bridgehead atoms. The molecule has 0 aliphatic carbocycles. The maximum absolute atomic E-state index is 12.5. The second kappa shape index (κ2) is 9.24. The van der Waals surface area contributed by atoms with E-state index in [1.165, 1.54) is 21.8 Å². The molecular weight excluding hydrogens is 394 g/mol. The number of carbonyl (C=O) groups excluding carboxylic acids is 2. The summed E-state index contributed by atoms with van der Waals surface area (Å²) in [6.07, 6.45) is 1.83. The van der Waals surface area contributed by atoms with Gasteiger partial charge in [0.05, 0.1) is 17.0 Å². The standard InChI is InChI=1S/C24H25N3O2S/c25-23(29)22-19-13-14-27(15-18-9-5-2-6-10-18)16-20(19)30-24(22)26-21(28)12-11-17-7-3-1-4-8-17/h1-10H,11-16H2,(H2,25,29)(H,26,28)/p+1. The molecule has 1 aliphatic rings. The third kappa shape index (κ3) is 4.78. The summed E-state index contributed by atoms with van der Waals surface area (Å²) in [6, 6.07) is 20.3. The van der Waals surface area contributed by atoms with Crippen LogP contribution in [0, 0.1) is 0 Å². The highest BCUT2D eigenvalue weighted by atomic mass is 32.1. The zero-order chi connectivity index (χ0) is 20.9. The van der Waals surface area contributed by atoms with Gasteiger partial charge in [-0.15, -0.1) is 11.3 Å². The lowest BCUT2D eigenvalue weighted by Crippen LogP contribution is -3.10. The fourth-order valence-corrected chi connectivity index (χ4v) is 5.35. The van der Waals surface area contributed by atoms with Crippen molar-refractivity contribution in [2.75, 3.05) is 11.9 Å². The fraction of sp³-hybridized carbons (Fsp3) is 0.250. The Labute approximate surface area is 180 Å². The number of aryl methyl sites for hydroxylation is 1. The topological polar surface area (TPSA) is 76.6 Å². The molecule has 4 rings (SSSR count). The molecule has 1 atom stereocenters. The number of thiophene rings is 1. The lowest BCUT2D eigenvalue weighted by molar-refractivity contribution is -0.929. The smallest absolute Gasteiger partial charge is 0.252 e. The molecule has 1 aromatic heterocycles. The van der Waals surface area contributed by atoms with Crippen molar-refractivity contribution >= 4 is 28.2 Å². The molecule has 0 saturated carbocycles. The number of nitrogens with two attached hydrogens (primary N) is 1. The number of carbonyl (C=O) groups is 2. The molecule has 154 valence electrons. The first-order valence-corrected chi connectivity index (χ1v) is 11.1. The minimum Gasteiger partial charge on any atom is -0.365 e. The number of fused-ring (bicyclic) bond motifs is 1. The Balaban J connectivity index is 1.45. The first-order chi connectivity index (χ1) is 14.6. The molecule has 5 nitrogen and oxygen atoms in total. The van der Waals surface area contributed by atoms with Gasteiger partial charge in [-0.05, 0) is 17.5 Å². The van der Waals surface area contributed by atoms with Crippen molar-refractivity contribution in [1.29, 1.82) is 0 Å². The first-order valence-electron chi connectivity index (χ1n) is 10.3. The number of benzene rings is 2. The van der Waals surface area contributed by atoms with Crippen molar-refractivity contribution < 1.29 is 14.5 Å². The van der Waals surface area contributed by atoms with Gasteiger partial charge in [0.2, 0.25) is 5.91 Å². The van der Waals surface area contributed by atoms with E-state index in [2.05, 4.69) is 29.6 Å². The van der Waals surface area contributed by atoms with E-state index in [9.17, 15) is 9.59 Å². The molecule has 0 radical (unpaired) electrons. The monoisotopic (exact) mass is 420 g/mol. The van der Waals surface area contributed by atoms with E-state index in [0.717, 1.165) is 42.1 Å². The van der Waals surface area contributed by atoms with Crippen LogP contribution in [0.25, 0.3) is 0 Å². The van der Waals surface area contributed by atoms with Gasteiger partial charge in [-0.1, -0.05) is 60.7 Å². The molecule has 4 N–H and O–H groups in total. The molecule has 1 aliphatic heterocycles. The van der Waals surface area contributed by atoms with Gasteiger partial charge in [-0.2, -0.15) is 0 Å². The number of hydrogen-bond donors (Lipinski definition) is 3. The predicted molar refractivity (Wildman–Crippen MR) is 120 cm³/mol. The summed E-state index contributed by atoms with van der Waals surface area (Å²) in [5, 5.41) is 3.56. The molecule has 1 unspecified atom stereocenters. The average molecular weight is 421 g/mol. The SMILES string of the molecule is NC(=O)c1c(NC(=O)CCc2ccccc2)sc2c1CC[NH+](Cc1ccccc1)C2. The minimum absolute atomic E-state index is 0.0894. The Bertz CT molecular complexity index is 1030. The Morgan fingerprint density at radius 3 is 2.33 bits per heavy atom. The normalized spacial score (nSPS) is 15.4. The maximum atomic E-state index is 12.5. The molecule has 2 heterocycles. The summed E-state index contributed by atoms with van der Waals surface area (Å²) in [5.74, 6) is -0.550. The first kappa shape index (κ1) is 20.3. The van der Waals surface area contributed by atoms with Gasteiger partial charge in [0.15, 0.2) is 0 Å². The zero-order valence-corrected chi connectivity index (χ0v) is 17.6. The highest BCUT2D eigenvalue weighted by Crippen LogP contribution is 2.34. The molecule has 0 fully saturated rings. The predicted octanol–water partition coefficient (Wildman–Crippen LogP) is 2.56. The van der Waals surface area contributed by atoms with Crippen LogP contribution in [-0.4, -0.2) is 18.4 Å². The van der Waals surface area contributed by atoms with Crippen LogP contribution in [0.2, 0.25) is 0 Å². The van der Waals surface area contributed by atoms with Crippen LogP contribution in [0.3, 0.4) is 0 Å². The van der Waals surface area contributed by atoms with Gasteiger partial charge >= 0.3 is 0 Å².